The first-order chi connectivity index (χ1) is 30.1. The van der Waals surface area contributed by atoms with Crippen LogP contribution in [-0.4, -0.2) is 0 Å². The molecule has 0 fully saturated rings. The lowest BCUT2D eigenvalue weighted by Crippen LogP contribution is -2.35. The Hall–Kier alpha value is -6.70. The molecule has 4 aliphatic rings. The van der Waals surface area contributed by atoms with Crippen LogP contribution in [0.4, 0.5) is 17.1 Å². The number of benzene rings is 7. The van der Waals surface area contributed by atoms with Crippen LogP contribution >= 0.6 is 0 Å². The van der Waals surface area contributed by atoms with Gasteiger partial charge in [0, 0.05) is 33.3 Å². The van der Waals surface area contributed by atoms with Crippen molar-refractivity contribution < 1.29 is 0 Å². The molecule has 0 heterocycles. The van der Waals surface area contributed by atoms with Crippen molar-refractivity contribution >= 4 is 33.8 Å². The molecule has 0 aromatic heterocycles. The molecule has 0 bridgehead atoms. The van der Waals surface area contributed by atoms with Crippen molar-refractivity contribution in [1.29, 1.82) is 0 Å². The van der Waals surface area contributed by atoms with Crippen LogP contribution in [0, 0.1) is 5.41 Å². The second-order valence-electron chi connectivity index (χ2n) is 19.1. The summed E-state index contributed by atoms with van der Waals surface area (Å²) in [4.78, 5) is 2.40. The summed E-state index contributed by atoms with van der Waals surface area (Å²) in [5.41, 5.74) is 23.8. The van der Waals surface area contributed by atoms with Gasteiger partial charge in [-0.1, -0.05) is 192 Å². The zero-order valence-corrected chi connectivity index (χ0v) is 36.5. The van der Waals surface area contributed by atoms with Crippen LogP contribution in [0.2, 0.25) is 0 Å². The van der Waals surface area contributed by atoms with Gasteiger partial charge in [-0.2, -0.15) is 0 Å². The van der Waals surface area contributed by atoms with E-state index in [9.17, 15) is 0 Å². The predicted octanol–water partition coefficient (Wildman–Crippen LogP) is 16.7. The highest BCUT2D eigenvalue weighted by Crippen LogP contribution is 2.63. The maximum atomic E-state index is 2.47. The third-order valence-electron chi connectivity index (χ3n) is 15.2. The second-order valence-corrected chi connectivity index (χ2v) is 19.1. The first-order valence-electron chi connectivity index (χ1n) is 22.4. The van der Waals surface area contributed by atoms with Crippen molar-refractivity contribution in [2.24, 2.45) is 5.41 Å². The van der Waals surface area contributed by atoms with Crippen LogP contribution in [0.1, 0.15) is 81.7 Å². The molecule has 11 rings (SSSR count). The first-order valence-corrected chi connectivity index (χ1v) is 22.4. The smallest absolute Gasteiger partial charge is 0.0462 e. The molecule has 1 nitrogen and oxygen atoms in total. The van der Waals surface area contributed by atoms with Gasteiger partial charge in [-0.25, -0.2) is 0 Å². The average molecular weight is 800 g/mol. The summed E-state index contributed by atoms with van der Waals surface area (Å²) in [5.74, 6) is 0. The van der Waals surface area contributed by atoms with Gasteiger partial charge in [0.1, 0.15) is 0 Å². The van der Waals surface area contributed by atoms with Gasteiger partial charge in [-0.05, 0) is 140 Å². The summed E-state index contributed by atoms with van der Waals surface area (Å²) in [6.07, 6.45) is 12.7. The van der Waals surface area contributed by atoms with Crippen molar-refractivity contribution in [2.75, 3.05) is 4.90 Å². The van der Waals surface area contributed by atoms with Crippen LogP contribution in [0.3, 0.4) is 0 Å². The average Bonchev–Trinajstić information content (AvgIpc) is 3.65. The van der Waals surface area contributed by atoms with Crippen molar-refractivity contribution in [3.8, 4) is 33.4 Å². The molecule has 62 heavy (non-hydrogen) atoms. The first kappa shape index (κ1) is 38.2. The van der Waals surface area contributed by atoms with E-state index in [1.165, 1.54) is 77.9 Å². The molecule has 1 atom stereocenters. The molecule has 302 valence electrons. The molecule has 0 radical (unpaired) electrons. The number of hydrogen-bond donors (Lipinski definition) is 0. The van der Waals surface area contributed by atoms with Gasteiger partial charge in [0.15, 0.2) is 0 Å². The Morgan fingerprint density at radius 2 is 0.968 bits per heavy atom. The number of anilines is 3. The number of rotatable bonds is 7. The van der Waals surface area contributed by atoms with Gasteiger partial charge in [0.2, 0.25) is 0 Å². The van der Waals surface area contributed by atoms with E-state index in [4.69, 9.17) is 0 Å². The zero-order chi connectivity index (χ0) is 42.2. The Morgan fingerprint density at radius 1 is 0.452 bits per heavy atom. The zero-order valence-electron chi connectivity index (χ0n) is 36.5. The number of fused-ring (bicyclic) bond motifs is 5. The molecule has 0 saturated heterocycles. The predicted molar refractivity (Wildman–Crippen MR) is 264 cm³/mol. The van der Waals surface area contributed by atoms with Crippen LogP contribution in [0.5, 0.6) is 0 Å². The number of hydrogen-bond acceptors (Lipinski definition) is 1. The highest BCUT2D eigenvalue weighted by Gasteiger charge is 2.52. The molecule has 4 aliphatic carbocycles. The SMILES string of the molecule is CC1(C)C2=C(C=CCC2)c2ccc(-c3ccc(N(c4ccc(C5=CC=C6c7ccccc7C(C)(C)C6(C)C5)cc4)c4ccc(-c5ccc(-c6ccccc6)cc5)cc4)cc3)cc21. The molecule has 7 aromatic carbocycles. The van der Waals surface area contributed by atoms with Gasteiger partial charge >= 0.3 is 0 Å². The number of allylic oxidation sites excluding steroid dienone is 8. The van der Waals surface area contributed by atoms with Gasteiger partial charge < -0.3 is 4.90 Å². The van der Waals surface area contributed by atoms with E-state index in [1.54, 1.807) is 5.57 Å². The maximum absolute atomic E-state index is 2.47. The molecular weight excluding hydrogens is 747 g/mol. The van der Waals surface area contributed by atoms with Crippen molar-refractivity contribution in [3.05, 3.63) is 228 Å². The Morgan fingerprint density at radius 3 is 1.60 bits per heavy atom. The molecule has 1 unspecified atom stereocenters. The molecule has 0 saturated carbocycles. The normalized spacial score (nSPS) is 18.9. The highest BCUT2D eigenvalue weighted by molar-refractivity contribution is 5.90. The fourth-order valence-electron chi connectivity index (χ4n) is 11.2. The van der Waals surface area contributed by atoms with Crippen molar-refractivity contribution in [1.82, 2.24) is 0 Å². The summed E-state index contributed by atoms with van der Waals surface area (Å²) in [6, 6.07) is 63.2. The van der Waals surface area contributed by atoms with Crippen LogP contribution in [0.15, 0.2) is 200 Å². The molecular formula is C61H53N. The van der Waals surface area contributed by atoms with E-state index in [1.807, 2.05) is 0 Å². The third-order valence-corrected chi connectivity index (χ3v) is 15.2. The minimum absolute atomic E-state index is 0.0261. The van der Waals surface area contributed by atoms with E-state index in [-0.39, 0.29) is 16.2 Å². The van der Waals surface area contributed by atoms with Crippen molar-refractivity contribution in [2.45, 2.75) is 64.7 Å². The fourth-order valence-corrected chi connectivity index (χ4v) is 11.2. The van der Waals surface area contributed by atoms with Crippen LogP contribution in [-0.2, 0) is 10.8 Å². The molecule has 1 heteroatoms. The largest absolute Gasteiger partial charge is 0.311 e. The molecule has 0 aliphatic heterocycles. The second kappa shape index (κ2) is 14.5. The topological polar surface area (TPSA) is 3.24 Å². The lowest BCUT2D eigenvalue weighted by molar-refractivity contribution is 0.275. The fraction of sp³-hybridized carbons (Fsp3) is 0.180. The quantitative estimate of drug-likeness (QED) is 0.155. The van der Waals surface area contributed by atoms with Crippen LogP contribution in [0.25, 0.3) is 50.1 Å². The standard InChI is InChI=1S/C61H53N/c1-59(2)55-17-11-9-15-52(55)53-37-29-47(39-58(53)59)45-25-33-50(34-26-45)62(49-31-23-44(24-32-49)43-21-19-42(20-22-43)41-13-7-6-8-14-41)51-35-27-46(28-36-51)48-30-38-57-54-16-10-12-18-56(54)60(3,4)61(57,5)40-48/h6-10,12-16,18-39H,11,17,40H2,1-5H3. The summed E-state index contributed by atoms with van der Waals surface area (Å²) in [7, 11) is 0. The Balaban J connectivity index is 0.926. The summed E-state index contributed by atoms with van der Waals surface area (Å²) >= 11 is 0. The molecule has 0 amide bonds. The van der Waals surface area contributed by atoms with Gasteiger partial charge in [0.25, 0.3) is 0 Å². The van der Waals surface area contributed by atoms with Gasteiger partial charge in [-0.3, -0.25) is 0 Å². The minimum atomic E-state index is 0.0261. The van der Waals surface area contributed by atoms with E-state index in [0.717, 1.165) is 36.3 Å². The van der Waals surface area contributed by atoms with E-state index in [0.29, 0.717) is 0 Å². The minimum Gasteiger partial charge on any atom is -0.311 e. The van der Waals surface area contributed by atoms with E-state index < -0.39 is 0 Å². The molecule has 0 N–H and O–H groups in total. The highest BCUT2D eigenvalue weighted by atomic mass is 15.1. The maximum Gasteiger partial charge on any atom is 0.0462 e. The Kier molecular flexibility index (Phi) is 8.92. The van der Waals surface area contributed by atoms with Crippen molar-refractivity contribution in [3.63, 3.8) is 0 Å². The summed E-state index contributed by atoms with van der Waals surface area (Å²) < 4.78 is 0. The number of nitrogens with zero attached hydrogens (tertiary/aromatic N) is 1. The van der Waals surface area contributed by atoms with Gasteiger partial charge in [0.05, 0.1) is 0 Å². The Labute approximate surface area is 368 Å². The lowest BCUT2D eigenvalue weighted by Gasteiger charge is -2.42. The monoisotopic (exact) mass is 799 g/mol. The van der Waals surface area contributed by atoms with E-state index >= 15 is 0 Å². The summed E-state index contributed by atoms with van der Waals surface area (Å²) in [6.45, 7) is 12.1. The summed E-state index contributed by atoms with van der Waals surface area (Å²) in [5, 5.41) is 0. The van der Waals surface area contributed by atoms with Crippen LogP contribution < -0.4 is 4.90 Å². The molecule has 0 spiro atoms. The Bertz CT molecular complexity index is 2990. The lowest BCUT2D eigenvalue weighted by atomic mass is 9.61. The van der Waals surface area contributed by atoms with Gasteiger partial charge in [-0.15, -0.1) is 0 Å². The third kappa shape index (κ3) is 6.04. The van der Waals surface area contributed by atoms with E-state index in [2.05, 4.69) is 234 Å². The molecule has 7 aromatic rings.